The summed E-state index contributed by atoms with van der Waals surface area (Å²) in [4.78, 5) is 8.68. The third-order valence-electron chi connectivity index (χ3n) is 3.05. The number of hydrogen-bond donors (Lipinski definition) is 1. The Balaban J connectivity index is 2.07. The second-order valence-electron chi connectivity index (χ2n) is 4.16. The predicted molar refractivity (Wildman–Crippen MR) is 67.5 cm³/mol. The van der Waals surface area contributed by atoms with Gasteiger partial charge < -0.3 is 5.32 Å². The summed E-state index contributed by atoms with van der Waals surface area (Å²) in [5, 5.41) is 4.49. The smallest absolute Gasteiger partial charge is 0.159 e. The number of halogens is 1. The number of nitrogens with zero attached hydrogens (tertiary/aromatic N) is 2. The van der Waals surface area contributed by atoms with Gasteiger partial charge in [-0.25, -0.2) is 9.97 Å². The van der Waals surface area contributed by atoms with Gasteiger partial charge in [0.25, 0.3) is 0 Å². The van der Waals surface area contributed by atoms with Crippen molar-refractivity contribution >= 4 is 27.0 Å². The van der Waals surface area contributed by atoms with Crippen molar-refractivity contribution in [3.05, 3.63) is 34.6 Å². The maximum atomic E-state index is 4.41. The Labute approximate surface area is 102 Å². The Kier molecular flexibility index (Phi) is 2.61. The molecule has 1 N–H and O–H groups in total. The highest BCUT2D eigenvalue weighted by molar-refractivity contribution is 9.10. The zero-order chi connectivity index (χ0) is 11.0. The molecule has 1 aliphatic rings. The van der Waals surface area contributed by atoms with E-state index in [9.17, 15) is 0 Å². The van der Waals surface area contributed by atoms with Crippen LogP contribution in [0.5, 0.6) is 0 Å². The molecule has 3 heterocycles. The minimum absolute atomic E-state index is 0.607. The highest BCUT2D eigenvalue weighted by Crippen LogP contribution is 2.25. The van der Waals surface area contributed by atoms with Crippen LogP contribution in [0.3, 0.4) is 0 Å². The molecule has 0 spiro atoms. The van der Waals surface area contributed by atoms with Crippen LogP contribution in [-0.4, -0.2) is 23.1 Å². The largest absolute Gasteiger partial charge is 0.316 e. The fourth-order valence-electron chi connectivity index (χ4n) is 2.18. The Morgan fingerprint density at radius 3 is 2.94 bits per heavy atom. The van der Waals surface area contributed by atoms with E-state index in [0.29, 0.717) is 5.92 Å². The van der Waals surface area contributed by atoms with Crippen molar-refractivity contribution in [2.24, 2.45) is 0 Å². The molecule has 1 unspecified atom stereocenters. The van der Waals surface area contributed by atoms with Crippen LogP contribution in [0.15, 0.2) is 29.0 Å². The Bertz CT molecular complexity index is 521. The summed E-state index contributed by atoms with van der Waals surface area (Å²) in [6.45, 7) is 2.17. The summed E-state index contributed by atoms with van der Waals surface area (Å²) in [5.41, 5.74) is 2.13. The molecule has 1 aliphatic heterocycles. The van der Waals surface area contributed by atoms with Crippen molar-refractivity contribution in [1.82, 2.24) is 15.3 Å². The molecular weight excluding hydrogens is 266 g/mol. The fourth-order valence-corrected chi connectivity index (χ4v) is 2.53. The molecule has 2 aromatic rings. The minimum atomic E-state index is 0.607. The molecule has 82 valence electrons. The Morgan fingerprint density at radius 1 is 1.25 bits per heavy atom. The topological polar surface area (TPSA) is 37.8 Å². The van der Waals surface area contributed by atoms with Crippen LogP contribution in [-0.2, 0) is 0 Å². The van der Waals surface area contributed by atoms with Crippen LogP contribution < -0.4 is 5.32 Å². The first kappa shape index (κ1) is 10.2. The molecular formula is C12H12BrN3. The fraction of sp³-hybridized carbons (Fsp3) is 0.333. The predicted octanol–water partition coefficient (Wildman–Crippen LogP) is 2.47. The van der Waals surface area contributed by atoms with Crippen LogP contribution in [0.4, 0.5) is 0 Å². The highest BCUT2D eigenvalue weighted by atomic mass is 79.9. The summed E-state index contributed by atoms with van der Waals surface area (Å²) >= 11 is 3.44. The van der Waals surface area contributed by atoms with Crippen molar-refractivity contribution < 1.29 is 0 Å². The molecule has 1 saturated heterocycles. The summed E-state index contributed by atoms with van der Waals surface area (Å²) in [7, 11) is 0. The average molecular weight is 278 g/mol. The van der Waals surface area contributed by atoms with Crippen LogP contribution in [0.2, 0.25) is 0 Å². The number of fused-ring (bicyclic) bond motifs is 1. The van der Waals surface area contributed by atoms with Crippen LogP contribution >= 0.6 is 15.9 Å². The first-order valence-corrected chi connectivity index (χ1v) is 6.24. The van der Waals surface area contributed by atoms with E-state index in [1.165, 1.54) is 12.0 Å². The SMILES string of the molecule is Brc1cnc2ncc(C3CCNC3)cc2c1. The van der Waals surface area contributed by atoms with E-state index in [-0.39, 0.29) is 0 Å². The third-order valence-corrected chi connectivity index (χ3v) is 3.49. The normalized spacial score (nSPS) is 20.4. The van der Waals surface area contributed by atoms with E-state index in [2.05, 4.69) is 43.3 Å². The van der Waals surface area contributed by atoms with Gasteiger partial charge in [-0.05, 0) is 52.5 Å². The molecule has 16 heavy (non-hydrogen) atoms. The summed E-state index contributed by atoms with van der Waals surface area (Å²) in [6, 6.07) is 4.28. The van der Waals surface area contributed by atoms with Gasteiger partial charge in [0.15, 0.2) is 5.65 Å². The molecule has 0 radical (unpaired) electrons. The molecule has 0 saturated carbocycles. The number of aromatic nitrogens is 2. The molecule has 2 aromatic heterocycles. The lowest BCUT2D eigenvalue weighted by atomic mass is 9.99. The monoisotopic (exact) mass is 277 g/mol. The summed E-state index contributed by atoms with van der Waals surface area (Å²) in [6.07, 6.45) is 4.95. The number of hydrogen-bond acceptors (Lipinski definition) is 3. The standard InChI is InChI=1S/C12H12BrN3/c13-11-4-9-3-10(8-1-2-14-5-8)6-15-12(9)16-7-11/h3-4,6-8,14H,1-2,5H2. The highest BCUT2D eigenvalue weighted by Gasteiger charge is 2.17. The summed E-state index contributed by atoms with van der Waals surface area (Å²) < 4.78 is 1.00. The van der Waals surface area contributed by atoms with E-state index in [0.717, 1.165) is 28.6 Å². The van der Waals surface area contributed by atoms with Crippen molar-refractivity contribution in [3.8, 4) is 0 Å². The molecule has 4 heteroatoms. The first-order chi connectivity index (χ1) is 7.83. The van der Waals surface area contributed by atoms with Gasteiger partial charge in [0, 0.05) is 28.8 Å². The second-order valence-corrected chi connectivity index (χ2v) is 5.07. The van der Waals surface area contributed by atoms with E-state index in [4.69, 9.17) is 0 Å². The zero-order valence-corrected chi connectivity index (χ0v) is 10.4. The van der Waals surface area contributed by atoms with Gasteiger partial charge in [0.2, 0.25) is 0 Å². The van der Waals surface area contributed by atoms with Gasteiger partial charge in [-0.15, -0.1) is 0 Å². The Hall–Kier alpha value is -1.00. The van der Waals surface area contributed by atoms with Crippen molar-refractivity contribution in [1.29, 1.82) is 0 Å². The van der Waals surface area contributed by atoms with Crippen molar-refractivity contribution in [3.63, 3.8) is 0 Å². The second kappa shape index (κ2) is 4.11. The minimum Gasteiger partial charge on any atom is -0.316 e. The number of nitrogens with one attached hydrogen (secondary N) is 1. The lowest BCUT2D eigenvalue weighted by Gasteiger charge is -2.08. The Morgan fingerprint density at radius 2 is 2.12 bits per heavy atom. The van der Waals surface area contributed by atoms with E-state index >= 15 is 0 Å². The van der Waals surface area contributed by atoms with Crippen LogP contribution in [0.25, 0.3) is 11.0 Å². The molecule has 3 nitrogen and oxygen atoms in total. The molecule has 0 bridgehead atoms. The van der Waals surface area contributed by atoms with Gasteiger partial charge >= 0.3 is 0 Å². The molecule has 0 aromatic carbocycles. The van der Waals surface area contributed by atoms with Gasteiger partial charge in [-0.3, -0.25) is 0 Å². The van der Waals surface area contributed by atoms with Crippen molar-refractivity contribution in [2.45, 2.75) is 12.3 Å². The average Bonchev–Trinajstić information content (AvgIpc) is 2.81. The lowest BCUT2D eigenvalue weighted by Crippen LogP contribution is -2.08. The van der Waals surface area contributed by atoms with Crippen LogP contribution in [0.1, 0.15) is 17.9 Å². The maximum Gasteiger partial charge on any atom is 0.159 e. The van der Waals surface area contributed by atoms with Gasteiger partial charge in [0.05, 0.1) is 0 Å². The van der Waals surface area contributed by atoms with Gasteiger partial charge in [0.1, 0.15) is 0 Å². The lowest BCUT2D eigenvalue weighted by molar-refractivity contribution is 0.760. The third kappa shape index (κ3) is 1.83. The molecule has 0 amide bonds. The van der Waals surface area contributed by atoms with Crippen molar-refractivity contribution in [2.75, 3.05) is 13.1 Å². The van der Waals surface area contributed by atoms with E-state index in [1.54, 1.807) is 6.20 Å². The zero-order valence-electron chi connectivity index (χ0n) is 8.78. The van der Waals surface area contributed by atoms with E-state index in [1.807, 2.05) is 6.20 Å². The summed E-state index contributed by atoms with van der Waals surface area (Å²) in [5.74, 6) is 0.607. The molecule has 1 fully saturated rings. The maximum absolute atomic E-state index is 4.41. The van der Waals surface area contributed by atoms with E-state index < -0.39 is 0 Å². The van der Waals surface area contributed by atoms with Gasteiger partial charge in [-0.2, -0.15) is 0 Å². The molecule has 3 rings (SSSR count). The first-order valence-electron chi connectivity index (χ1n) is 5.45. The number of rotatable bonds is 1. The number of pyridine rings is 2. The molecule has 0 aliphatic carbocycles. The quantitative estimate of drug-likeness (QED) is 0.870. The van der Waals surface area contributed by atoms with Crippen LogP contribution in [0, 0.1) is 0 Å². The van der Waals surface area contributed by atoms with Gasteiger partial charge in [-0.1, -0.05) is 0 Å². The molecule has 1 atom stereocenters.